The van der Waals surface area contributed by atoms with Crippen molar-refractivity contribution in [2.24, 2.45) is 5.92 Å². The predicted molar refractivity (Wildman–Crippen MR) is 68.3 cm³/mol. The fourth-order valence-corrected chi connectivity index (χ4v) is 2.07. The Kier molecular flexibility index (Phi) is 3.19. The van der Waals surface area contributed by atoms with Crippen molar-refractivity contribution in [1.82, 2.24) is 5.32 Å². The van der Waals surface area contributed by atoms with Crippen LogP contribution in [0.15, 0.2) is 16.6 Å². The monoisotopic (exact) mass is 282 g/mol. The van der Waals surface area contributed by atoms with Crippen LogP contribution in [-0.4, -0.2) is 12.5 Å². The Morgan fingerprint density at radius 2 is 2.25 bits per heavy atom. The molecular weight excluding hydrogens is 268 g/mol. The molecule has 2 rings (SSSR count). The summed E-state index contributed by atoms with van der Waals surface area (Å²) in [7, 11) is 0. The molecule has 16 heavy (non-hydrogen) atoms. The van der Waals surface area contributed by atoms with Crippen LogP contribution in [0.2, 0.25) is 0 Å². The standard InChI is InChI=1S/C12H15BrN2O/c1-7-10(4-9(13)5-11(7)14)12(16)15-6-8-2-3-8/h4-5,8H,2-3,6,14H2,1H3,(H,15,16). The van der Waals surface area contributed by atoms with E-state index in [0.29, 0.717) is 17.2 Å². The second-order valence-electron chi connectivity index (χ2n) is 4.32. The summed E-state index contributed by atoms with van der Waals surface area (Å²) in [5.41, 5.74) is 7.97. The summed E-state index contributed by atoms with van der Waals surface area (Å²) in [4.78, 5) is 11.9. The van der Waals surface area contributed by atoms with E-state index in [0.717, 1.165) is 16.6 Å². The number of nitrogens with two attached hydrogens (primary N) is 1. The average molecular weight is 283 g/mol. The second-order valence-corrected chi connectivity index (χ2v) is 5.24. The fraction of sp³-hybridized carbons (Fsp3) is 0.417. The maximum atomic E-state index is 11.9. The van der Waals surface area contributed by atoms with E-state index >= 15 is 0 Å². The van der Waals surface area contributed by atoms with Crippen molar-refractivity contribution >= 4 is 27.5 Å². The molecule has 0 aromatic heterocycles. The van der Waals surface area contributed by atoms with Crippen LogP contribution in [0.3, 0.4) is 0 Å². The molecular formula is C12H15BrN2O. The van der Waals surface area contributed by atoms with E-state index in [1.54, 1.807) is 0 Å². The lowest BCUT2D eigenvalue weighted by Crippen LogP contribution is -2.26. The van der Waals surface area contributed by atoms with Gasteiger partial charge in [-0.3, -0.25) is 4.79 Å². The van der Waals surface area contributed by atoms with Crippen LogP contribution in [0.5, 0.6) is 0 Å². The second kappa shape index (κ2) is 4.45. The highest BCUT2D eigenvalue weighted by atomic mass is 79.9. The van der Waals surface area contributed by atoms with Gasteiger partial charge in [-0.2, -0.15) is 0 Å². The van der Waals surface area contributed by atoms with E-state index in [2.05, 4.69) is 21.2 Å². The van der Waals surface area contributed by atoms with E-state index in [-0.39, 0.29) is 5.91 Å². The largest absolute Gasteiger partial charge is 0.398 e. The Bertz CT molecular complexity index is 427. The molecule has 1 aromatic carbocycles. The molecule has 0 saturated heterocycles. The van der Waals surface area contributed by atoms with Crippen molar-refractivity contribution in [1.29, 1.82) is 0 Å². The van der Waals surface area contributed by atoms with Crippen LogP contribution in [0.1, 0.15) is 28.8 Å². The Hall–Kier alpha value is -1.03. The van der Waals surface area contributed by atoms with E-state index < -0.39 is 0 Å². The van der Waals surface area contributed by atoms with Gasteiger partial charge >= 0.3 is 0 Å². The van der Waals surface area contributed by atoms with Gasteiger partial charge in [0.2, 0.25) is 0 Å². The molecule has 86 valence electrons. The molecule has 0 heterocycles. The lowest BCUT2D eigenvalue weighted by atomic mass is 10.1. The first-order valence-electron chi connectivity index (χ1n) is 5.41. The quantitative estimate of drug-likeness (QED) is 0.837. The zero-order valence-electron chi connectivity index (χ0n) is 9.22. The average Bonchev–Trinajstić information content (AvgIpc) is 3.03. The summed E-state index contributed by atoms with van der Waals surface area (Å²) < 4.78 is 0.840. The molecule has 0 aliphatic heterocycles. The predicted octanol–water partition coefficient (Wildman–Crippen LogP) is 2.48. The fourth-order valence-electron chi connectivity index (χ4n) is 1.59. The van der Waals surface area contributed by atoms with Crippen molar-refractivity contribution in [2.75, 3.05) is 12.3 Å². The van der Waals surface area contributed by atoms with Crippen molar-refractivity contribution in [2.45, 2.75) is 19.8 Å². The molecule has 0 spiro atoms. The third-order valence-corrected chi connectivity index (χ3v) is 3.36. The Morgan fingerprint density at radius 1 is 1.56 bits per heavy atom. The third-order valence-electron chi connectivity index (χ3n) is 2.91. The minimum atomic E-state index is -0.0302. The number of hydrogen-bond donors (Lipinski definition) is 2. The van der Waals surface area contributed by atoms with Gasteiger partial charge in [0.1, 0.15) is 0 Å². The van der Waals surface area contributed by atoms with Crippen molar-refractivity contribution in [3.8, 4) is 0 Å². The van der Waals surface area contributed by atoms with Gasteiger partial charge in [0.15, 0.2) is 0 Å². The zero-order valence-corrected chi connectivity index (χ0v) is 10.8. The number of carbonyl (C=O) groups is 1. The maximum Gasteiger partial charge on any atom is 0.251 e. The Morgan fingerprint density at radius 3 is 2.88 bits per heavy atom. The molecule has 3 N–H and O–H groups in total. The number of nitrogens with one attached hydrogen (secondary N) is 1. The third kappa shape index (κ3) is 2.55. The van der Waals surface area contributed by atoms with Gasteiger partial charge in [-0.25, -0.2) is 0 Å². The highest BCUT2D eigenvalue weighted by Crippen LogP contribution is 2.28. The maximum absolute atomic E-state index is 11.9. The van der Waals surface area contributed by atoms with Crippen molar-refractivity contribution < 1.29 is 4.79 Å². The Labute approximate surface area is 104 Å². The number of nitrogen functional groups attached to an aromatic ring is 1. The molecule has 0 unspecified atom stereocenters. The molecule has 0 radical (unpaired) electrons. The molecule has 4 heteroatoms. The van der Waals surface area contributed by atoms with Gasteiger partial charge in [-0.05, 0) is 43.4 Å². The van der Waals surface area contributed by atoms with Crippen LogP contribution in [-0.2, 0) is 0 Å². The summed E-state index contributed by atoms with van der Waals surface area (Å²) in [5, 5.41) is 2.94. The number of amides is 1. The van der Waals surface area contributed by atoms with Crippen LogP contribution in [0.4, 0.5) is 5.69 Å². The van der Waals surface area contributed by atoms with Gasteiger partial charge in [-0.1, -0.05) is 15.9 Å². The SMILES string of the molecule is Cc1c(N)cc(Br)cc1C(=O)NCC1CC1. The van der Waals surface area contributed by atoms with E-state index in [4.69, 9.17) is 5.73 Å². The zero-order chi connectivity index (χ0) is 11.7. The highest BCUT2D eigenvalue weighted by molar-refractivity contribution is 9.10. The normalized spacial score (nSPS) is 14.9. The lowest BCUT2D eigenvalue weighted by Gasteiger charge is -2.10. The number of halogens is 1. The molecule has 1 fully saturated rings. The summed E-state index contributed by atoms with van der Waals surface area (Å²) in [6.45, 7) is 2.65. The van der Waals surface area contributed by atoms with Crippen LogP contribution < -0.4 is 11.1 Å². The Balaban J connectivity index is 2.14. The number of anilines is 1. The topological polar surface area (TPSA) is 55.1 Å². The summed E-state index contributed by atoms with van der Waals surface area (Å²) in [6, 6.07) is 3.63. The molecule has 1 amide bonds. The first-order valence-corrected chi connectivity index (χ1v) is 6.21. The van der Waals surface area contributed by atoms with Crippen LogP contribution >= 0.6 is 15.9 Å². The van der Waals surface area contributed by atoms with E-state index in [1.165, 1.54) is 12.8 Å². The number of benzene rings is 1. The number of rotatable bonds is 3. The van der Waals surface area contributed by atoms with Crippen LogP contribution in [0.25, 0.3) is 0 Å². The summed E-state index contributed by atoms with van der Waals surface area (Å²) in [6.07, 6.45) is 2.47. The van der Waals surface area contributed by atoms with E-state index in [9.17, 15) is 4.79 Å². The number of hydrogen-bond acceptors (Lipinski definition) is 2. The van der Waals surface area contributed by atoms with Gasteiger partial charge in [0, 0.05) is 22.3 Å². The van der Waals surface area contributed by atoms with E-state index in [1.807, 2.05) is 19.1 Å². The molecule has 1 saturated carbocycles. The van der Waals surface area contributed by atoms with Gasteiger partial charge in [0.25, 0.3) is 5.91 Å². The smallest absolute Gasteiger partial charge is 0.251 e. The van der Waals surface area contributed by atoms with Crippen molar-refractivity contribution in [3.05, 3.63) is 27.7 Å². The van der Waals surface area contributed by atoms with Gasteiger partial charge in [-0.15, -0.1) is 0 Å². The summed E-state index contributed by atoms with van der Waals surface area (Å²) >= 11 is 3.35. The molecule has 0 atom stereocenters. The molecule has 1 aliphatic rings. The van der Waals surface area contributed by atoms with Crippen molar-refractivity contribution in [3.63, 3.8) is 0 Å². The minimum absolute atomic E-state index is 0.0302. The first kappa shape index (κ1) is 11.5. The molecule has 1 aliphatic carbocycles. The first-order chi connectivity index (χ1) is 7.58. The molecule has 1 aromatic rings. The van der Waals surface area contributed by atoms with Gasteiger partial charge < -0.3 is 11.1 Å². The number of carbonyl (C=O) groups excluding carboxylic acids is 1. The molecule has 3 nitrogen and oxygen atoms in total. The molecule has 0 bridgehead atoms. The van der Waals surface area contributed by atoms with Crippen LogP contribution in [0, 0.1) is 12.8 Å². The highest BCUT2D eigenvalue weighted by Gasteiger charge is 2.22. The minimum Gasteiger partial charge on any atom is -0.398 e. The summed E-state index contributed by atoms with van der Waals surface area (Å²) in [5.74, 6) is 0.658. The lowest BCUT2D eigenvalue weighted by molar-refractivity contribution is 0.0951. The van der Waals surface area contributed by atoms with Gasteiger partial charge in [0.05, 0.1) is 0 Å².